The number of fused-ring (bicyclic) bond motifs is 1. The minimum absolute atomic E-state index is 0.557. The average molecular weight is 406 g/mol. The Bertz CT molecular complexity index is 597. The third-order valence-electron chi connectivity index (χ3n) is 2.99. The molecule has 20 heavy (non-hydrogen) atoms. The van der Waals surface area contributed by atoms with E-state index in [9.17, 15) is 0 Å². The number of nitrogen functional groups attached to an aromatic ring is 1. The first kappa shape index (κ1) is 15.5. The molecule has 0 aliphatic carbocycles. The molecule has 2 aromatic rings. The van der Waals surface area contributed by atoms with Crippen molar-refractivity contribution < 1.29 is 0 Å². The molecule has 0 radical (unpaired) electrons. The summed E-state index contributed by atoms with van der Waals surface area (Å²) in [5.41, 5.74) is 6.87. The van der Waals surface area contributed by atoms with Crippen LogP contribution in [-0.2, 0) is 0 Å². The van der Waals surface area contributed by atoms with Gasteiger partial charge in [0, 0.05) is 19.6 Å². The minimum Gasteiger partial charge on any atom is -0.383 e. The van der Waals surface area contributed by atoms with Gasteiger partial charge in [0.15, 0.2) is 5.65 Å². The summed E-state index contributed by atoms with van der Waals surface area (Å²) in [6, 6.07) is 0. The van der Waals surface area contributed by atoms with Crippen molar-refractivity contribution >= 4 is 49.1 Å². The van der Waals surface area contributed by atoms with Crippen LogP contribution in [0.3, 0.4) is 0 Å². The van der Waals surface area contributed by atoms with Crippen LogP contribution in [-0.4, -0.2) is 41.3 Å². The number of likely N-dealkylation sites (N-methyl/N-ethyl adjacent to an activating group) is 1. The monoisotopic (exact) mass is 404 g/mol. The molecule has 0 saturated carbocycles. The van der Waals surface area contributed by atoms with E-state index in [1.807, 2.05) is 7.05 Å². The second kappa shape index (κ2) is 6.73. The first-order valence-corrected chi connectivity index (χ1v) is 8.06. The van der Waals surface area contributed by atoms with Crippen LogP contribution < -0.4 is 16.0 Å². The zero-order valence-corrected chi connectivity index (χ0v) is 14.7. The molecule has 110 valence electrons. The van der Waals surface area contributed by atoms with Crippen LogP contribution in [0.1, 0.15) is 13.3 Å². The predicted molar refractivity (Wildman–Crippen MR) is 89.2 cm³/mol. The fourth-order valence-corrected chi connectivity index (χ4v) is 2.86. The van der Waals surface area contributed by atoms with Crippen LogP contribution in [0.25, 0.3) is 5.65 Å². The normalized spacial score (nSPS) is 11.2. The second-order valence-corrected chi connectivity index (χ2v) is 6.10. The lowest BCUT2D eigenvalue weighted by Crippen LogP contribution is -2.32. The highest BCUT2D eigenvalue weighted by Crippen LogP contribution is 2.32. The Morgan fingerprint density at radius 1 is 1.40 bits per heavy atom. The number of anilines is 2. The highest BCUT2D eigenvalue weighted by atomic mass is 79.9. The summed E-state index contributed by atoms with van der Waals surface area (Å²) in [6.07, 6.45) is 2.75. The van der Waals surface area contributed by atoms with Gasteiger partial charge in [-0.3, -0.25) is 0 Å². The molecular weight excluding hydrogens is 388 g/mol. The minimum atomic E-state index is 0.557. The van der Waals surface area contributed by atoms with Crippen LogP contribution in [0, 0.1) is 0 Å². The zero-order valence-electron chi connectivity index (χ0n) is 11.5. The van der Waals surface area contributed by atoms with Crippen molar-refractivity contribution in [2.24, 2.45) is 0 Å². The Kier molecular flexibility index (Phi) is 5.22. The van der Waals surface area contributed by atoms with Gasteiger partial charge < -0.3 is 16.0 Å². The number of aromatic nitrogens is 3. The summed E-state index contributed by atoms with van der Waals surface area (Å²) in [5.74, 6) is 1.41. The summed E-state index contributed by atoms with van der Waals surface area (Å²) >= 11 is 7.00. The van der Waals surface area contributed by atoms with E-state index in [-0.39, 0.29) is 0 Å². The molecule has 0 fully saturated rings. The molecule has 0 aliphatic heterocycles. The predicted octanol–water partition coefficient (Wildman–Crippen LogP) is 2.27. The number of hydrogen-bond acceptors (Lipinski definition) is 5. The summed E-state index contributed by atoms with van der Waals surface area (Å²) in [7, 11) is 1.94. The molecule has 0 bridgehead atoms. The van der Waals surface area contributed by atoms with Crippen LogP contribution in [0.5, 0.6) is 0 Å². The van der Waals surface area contributed by atoms with E-state index in [4.69, 9.17) is 10.7 Å². The number of rotatable bonds is 6. The SMILES string of the molecule is CCCN(CCNC)c1nc2c(Br)cnn2c(N)c1Br. The maximum atomic E-state index is 6.15. The van der Waals surface area contributed by atoms with Crippen molar-refractivity contribution in [2.75, 3.05) is 37.3 Å². The molecule has 2 aromatic heterocycles. The van der Waals surface area contributed by atoms with E-state index in [2.05, 4.69) is 54.1 Å². The number of nitrogens with two attached hydrogens (primary N) is 1. The first-order valence-electron chi connectivity index (χ1n) is 6.47. The zero-order chi connectivity index (χ0) is 14.7. The van der Waals surface area contributed by atoms with Gasteiger partial charge in [0.1, 0.15) is 16.1 Å². The molecular formula is C12H18Br2N6. The Morgan fingerprint density at radius 2 is 2.15 bits per heavy atom. The first-order chi connectivity index (χ1) is 9.60. The van der Waals surface area contributed by atoms with Crippen molar-refractivity contribution in [3.8, 4) is 0 Å². The highest BCUT2D eigenvalue weighted by molar-refractivity contribution is 9.11. The van der Waals surface area contributed by atoms with E-state index < -0.39 is 0 Å². The smallest absolute Gasteiger partial charge is 0.173 e. The Labute approximate surface area is 135 Å². The fraction of sp³-hybridized carbons (Fsp3) is 0.500. The van der Waals surface area contributed by atoms with Gasteiger partial charge in [0.05, 0.1) is 10.7 Å². The van der Waals surface area contributed by atoms with Gasteiger partial charge >= 0.3 is 0 Å². The fourth-order valence-electron chi connectivity index (χ4n) is 2.01. The molecule has 2 heterocycles. The maximum Gasteiger partial charge on any atom is 0.173 e. The average Bonchev–Trinajstić information content (AvgIpc) is 2.80. The molecule has 0 spiro atoms. The summed E-state index contributed by atoms with van der Waals surface area (Å²) in [5, 5.41) is 7.37. The van der Waals surface area contributed by atoms with Crippen molar-refractivity contribution in [3.05, 3.63) is 15.1 Å². The number of nitrogens with one attached hydrogen (secondary N) is 1. The molecule has 0 aliphatic rings. The maximum absolute atomic E-state index is 6.15. The Morgan fingerprint density at radius 3 is 2.80 bits per heavy atom. The summed E-state index contributed by atoms with van der Waals surface area (Å²) < 4.78 is 3.24. The number of nitrogens with zero attached hydrogens (tertiary/aromatic N) is 4. The van der Waals surface area contributed by atoms with Gasteiger partial charge in [-0.1, -0.05) is 6.92 Å². The van der Waals surface area contributed by atoms with E-state index >= 15 is 0 Å². The van der Waals surface area contributed by atoms with Gasteiger partial charge in [0.25, 0.3) is 0 Å². The third-order valence-corrected chi connectivity index (χ3v) is 4.31. The molecule has 0 unspecified atom stereocenters. The van der Waals surface area contributed by atoms with Crippen LogP contribution in [0.2, 0.25) is 0 Å². The van der Waals surface area contributed by atoms with Crippen LogP contribution >= 0.6 is 31.9 Å². The molecule has 8 heteroatoms. The van der Waals surface area contributed by atoms with E-state index in [0.29, 0.717) is 5.82 Å². The Balaban J connectivity index is 2.49. The third kappa shape index (κ3) is 2.91. The van der Waals surface area contributed by atoms with Crippen molar-refractivity contribution in [1.82, 2.24) is 19.9 Å². The molecule has 0 atom stereocenters. The number of hydrogen-bond donors (Lipinski definition) is 2. The molecule has 0 aromatic carbocycles. The van der Waals surface area contributed by atoms with Crippen molar-refractivity contribution in [2.45, 2.75) is 13.3 Å². The second-order valence-electron chi connectivity index (χ2n) is 4.45. The molecule has 3 N–H and O–H groups in total. The summed E-state index contributed by atoms with van der Waals surface area (Å²) in [6.45, 7) is 4.84. The van der Waals surface area contributed by atoms with Crippen LogP contribution in [0.15, 0.2) is 15.1 Å². The highest BCUT2D eigenvalue weighted by Gasteiger charge is 2.18. The van der Waals surface area contributed by atoms with Crippen molar-refractivity contribution in [1.29, 1.82) is 0 Å². The topological polar surface area (TPSA) is 71.5 Å². The van der Waals surface area contributed by atoms with E-state index in [1.54, 1.807) is 10.7 Å². The number of halogens is 2. The standard InChI is InChI=1S/C12H18Br2N6/c1-3-5-19(6-4-16-2)12-9(14)10(15)20-11(18-12)8(13)7-17-20/h7,16H,3-6,15H2,1-2H3. The van der Waals surface area contributed by atoms with E-state index in [0.717, 1.165) is 46.5 Å². The van der Waals surface area contributed by atoms with Gasteiger partial charge in [-0.2, -0.15) is 9.61 Å². The van der Waals surface area contributed by atoms with E-state index in [1.165, 1.54) is 0 Å². The van der Waals surface area contributed by atoms with Gasteiger partial charge in [-0.15, -0.1) is 0 Å². The van der Waals surface area contributed by atoms with Crippen LogP contribution in [0.4, 0.5) is 11.6 Å². The Hall–Kier alpha value is -0.860. The largest absolute Gasteiger partial charge is 0.383 e. The summed E-state index contributed by atoms with van der Waals surface area (Å²) in [4.78, 5) is 6.91. The van der Waals surface area contributed by atoms with Gasteiger partial charge in [-0.25, -0.2) is 4.98 Å². The molecule has 6 nitrogen and oxygen atoms in total. The molecule has 0 saturated heterocycles. The van der Waals surface area contributed by atoms with Gasteiger partial charge in [-0.05, 0) is 45.3 Å². The lowest BCUT2D eigenvalue weighted by Gasteiger charge is -2.25. The lowest BCUT2D eigenvalue weighted by atomic mass is 10.3. The molecule has 0 amide bonds. The lowest BCUT2D eigenvalue weighted by molar-refractivity contribution is 0.700. The molecule has 2 rings (SSSR count). The van der Waals surface area contributed by atoms with Crippen molar-refractivity contribution in [3.63, 3.8) is 0 Å². The van der Waals surface area contributed by atoms with Gasteiger partial charge in [0.2, 0.25) is 0 Å². The quantitative estimate of drug-likeness (QED) is 0.771.